The van der Waals surface area contributed by atoms with Gasteiger partial charge >= 0.3 is 0 Å². The Bertz CT molecular complexity index is 369. The first-order valence-electron chi connectivity index (χ1n) is 6.88. The Kier molecular flexibility index (Phi) is 7.48. The Morgan fingerprint density at radius 2 is 2.16 bits per heavy atom. The van der Waals surface area contributed by atoms with E-state index in [2.05, 4.69) is 42.3 Å². The van der Waals surface area contributed by atoms with Gasteiger partial charge in [0.1, 0.15) is 0 Å². The number of methoxy groups -OCH3 is 1. The molecule has 108 valence electrons. The van der Waals surface area contributed by atoms with E-state index in [0.717, 1.165) is 26.2 Å². The fourth-order valence-electron chi connectivity index (χ4n) is 2.13. The van der Waals surface area contributed by atoms with Crippen LogP contribution in [-0.4, -0.2) is 45.1 Å². The molecule has 1 rings (SSSR count). The highest BCUT2D eigenvalue weighted by molar-refractivity contribution is 5.55. The van der Waals surface area contributed by atoms with Crippen LogP contribution in [0.2, 0.25) is 0 Å². The van der Waals surface area contributed by atoms with Crippen LogP contribution in [0.5, 0.6) is 0 Å². The van der Waals surface area contributed by atoms with E-state index in [0.29, 0.717) is 6.54 Å². The van der Waals surface area contributed by atoms with Crippen molar-refractivity contribution in [2.75, 3.05) is 44.9 Å². The number of aliphatic hydroxyl groups excluding tert-OH is 1. The average molecular weight is 266 g/mol. The maximum Gasteiger partial charge on any atom is 0.0606 e. The number of benzene rings is 1. The molecule has 0 atom stereocenters. The second kappa shape index (κ2) is 8.91. The Labute approximate surface area is 116 Å². The number of hydrogen-bond donors (Lipinski definition) is 2. The number of ether oxygens (including phenoxy) is 1. The minimum absolute atomic E-state index is 0.179. The summed E-state index contributed by atoms with van der Waals surface area (Å²) >= 11 is 0. The van der Waals surface area contributed by atoms with Crippen LogP contribution in [0.25, 0.3) is 0 Å². The third-order valence-electron chi connectivity index (χ3n) is 3.13. The third-order valence-corrected chi connectivity index (χ3v) is 3.13. The number of nitrogens with zero attached hydrogens (tertiary/aromatic N) is 1. The summed E-state index contributed by atoms with van der Waals surface area (Å²) in [6, 6.07) is 6.46. The topological polar surface area (TPSA) is 44.7 Å². The minimum Gasteiger partial charge on any atom is -0.395 e. The highest BCUT2D eigenvalue weighted by atomic mass is 16.5. The van der Waals surface area contributed by atoms with Crippen molar-refractivity contribution in [2.45, 2.75) is 20.4 Å². The number of anilines is 1. The van der Waals surface area contributed by atoms with Crippen molar-refractivity contribution in [1.29, 1.82) is 0 Å². The van der Waals surface area contributed by atoms with Gasteiger partial charge in [0.15, 0.2) is 0 Å². The maximum absolute atomic E-state index is 9.15. The van der Waals surface area contributed by atoms with Crippen molar-refractivity contribution in [1.82, 2.24) is 5.32 Å². The first-order chi connectivity index (χ1) is 9.22. The van der Waals surface area contributed by atoms with Crippen molar-refractivity contribution >= 4 is 5.69 Å². The third kappa shape index (κ3) is 5.19. The van der Waals surface area contributed by atoms with Gasteiger partial charge in [-0.25, -0.2) is 0 Å². The van der Waals surface area contributed by atoms with Gasteiger partial charge in [0.05, 0.1) is 13.2 Å². The summed E-state index contributed by atoms with van der Waals surface area (Å²) < 4.78 is 5.03. The molecule has 0 aliphatic carbocycles. The Morgan fingerprint density at radius 1 is 1.37 bits per heavy atom. The number of aliphatic hydroxyl groups is 1. The van der Waals surface area contributed by atoms with E-state index in [1.54, 1.807) is 7.11 Å². The smallest absolute Gasteiger partial charge is 0.0606 e. The molecule has 2 N–H and O–H groups in total. The standard InChI is InChI=1S/C15H26N2O2/c1-4-17(8-9-18)15-6-5-13(2)11-14(15)12-16-7-10-19-3/h5-6,11,16,18H,4,7-10,12H2,1-3H3. The highest BCUT2D eigenvalue weighted by Crippen LogP contribution is 2.21. The van der Waals surface area contributed by atoms with Crippen LogP contribution < -0.4 is 10.2 Å². The van der Waals surface area contributed by atoms with Crippen molar-refractivity contribution < 1.29 is 9.84 Å². The predicted octanol–water partition coefficient (Wildman–Crippen LogP) is 1.55. The van der Waals surface area contributed by atoms with E-state index >= 15 is 0 Å². The summed E-state index contributed by atoms with van der Waals surface area (Å²) in [5.74, 6) is 0. The molecule has 0 bridgehead atoms. The molecular weight excluding hydrogens is 240 g/mol. The van der Waals surface area contributed by atoms with Gasteiger partial charge in [0, 0.05) is 39.0 Å². The molecule has 1 aromatic rings. The molecule has 0 radical (unpaired) electrons. The maximum atomic E-state index is 9.15. The molecule has 19 heavy (non-hydrogen) atoms. The van der Waals surface area contributed by atoms with Crippen molar-refractivity contribution in [3.8, 4) is 0 Å². The fraction of sp³-hybridized carbons (Fsp3) is 0.600. The molecule has 0 saturated carbocycles. The van der Waals surface area contributed by atoms with Crippen LogP contribution in [-0.2, 0) is 11.3 Å². The van der Waals surface area contributed by atoms with Gasteiger partial charge in [-0.2, -0.15) is 0 Å². The van der Waals surface area contributed by atoms with E-state index in [-0.39, 0.29) is 6.61 Å². The second-order valence-corrected chi connectivity index (χ2v) is 4.61. The van der Waals surface area contributed by atoms with E-state index in [4.69, 9.17) is 9.84 Å². The zero-order valence-corrected chi connectivity index (χ0v) is 12.3. The number of hydrogen-bond acceptors (Lipinski definition) is 4. The number of aryl methyl sites for hydroxylation is 1. The van der Waals surface area contributed by atoms with Gasteiger partial charge in [0.25, 0.3) is 0 Å². The molecule has 0 aliphatic heterocycles. The Balaban J connectivity index is 2.78. The lowest BCUT2D eigenvalue weighted by atomic mass is 10.1. The summed E-state index contributed by atoms with van der Waals surface area (Å²) in [5, 5.41) is 12.5. The van der Waals surface area contributed by atoms with E-state index in [9.17, 15) is 0 Å². The van der Waals surface area contributed by atoms with Gasteiger partial charge < -0.3 is 20.1 Å². The zero-order chi connectivity index (χ0) is 14.1. The van der Waals surface area contributed by atoms with Crippen molar-refractivity contribution in [2.24, 2.45) is 0 Å². The molecule has 0 fully saturated rings. The molecule has 0 heterocycles. The van der Waals surface area contributed by atoms with E-state index in [1.807, 2.05) is 0 Å². The molecule has 4 heteroatoms. The SMILES string of the molecule is CCN(CCO)c1ccc(C)cc1CNCCOC. The quantitative estimate of drug-likeness (QED) is 0.666. The molecule has 0 amide bonds. The molecule has 0 spiro atoms. The molecule has 0 saturated heterocycles. The molecule has 0 aromatic heterocycles. The summed E-state index contributed by atoms with van der Waals surface area (Å²) in [4.78, 5) is 2.20. The first kappa shape index (κ1) is 16.0. The van der Waals surface area contributed by atoms with Gasteiger partial charge in [0.2, 0.25) is 0 Å². The van der Waals surface area contributed by atoms with E-state index < -0.39 is 0 Å². The summed E-state index contributed by atoms with van der Waals surface area (Å²) in [6.45, 7) is 8.34. The lowest BCUT2D eigenvalue weighted by molar-refractivity contribution is 0.199. The van der Waals surface area contributed by atoms with Crippen LogP contribution in [0, 0.1) is 6.92 Å². The lowest BCUT2D eigenvalue weighted by Crippen LogP contribution is -2.28. The predicted molar refractivity (Wildman–Crippen MR) is 79.7 cm³/mol. The van der Waals surface area contributed by atoms with E-state index in [1.165, 1.54) is 16.8 Å². The van der Waals surface area contributed by atoms with Crippen molar-refractivity contribution in [3.05, 3.63) is 29.3 Å². The van der Waals surface area contributed by atoms with Crippen LogP contribution in [0.1, 0.15) is 18.1 Å². The van der Waals surface area contributed by atoms with Gasteiger partial charge in [-0.3, -0.25) is 0 Å². The van der Waals surface area contributed by atoms with Crippen LogP contribution in [0.15, 0.2) is 18.2 Å². The highest BCUT2D eigenvalue weighted by Gasteiger charge is 2.09. The average Bonchev–Trinajstić information content (AvgIpc) is 2.42. The number of likely N-dealkylation sites (N-methyl/N-ethyl adjacent to an activating group) is 1. The molecule has 0 aliphatic rings. The Morgan fingerprint density at radius 3 is 2.79 bits per heavy atom. The van der Waals surface area contributed by atoms with Gasteiger partial charge in [-0.05, 0) is 25.5 Å². The fourth-order valence-corrected chi connectivity index (χ4v) is 2.13. The Hall–Kier alpha value is -1.10. The van der Waals surface area contributed by atoms with Crippen LogP contribution in [0.3, 0.4) is 0 Å². The molecule has 1 aromatic carbocycles. The number of nitrogens with one attached hydrogen (secondary N) is 1. The lowest BCUT2D eigenvalue weighted by Gasteiger charge is -2.25. The summed E-state index contributed by atoms with van der Waals surface area (Å²) in [5.41, 5.74) is 3.73. The normalized spacial score (nSPS) is 10.7. The van der Waals surface area contributed by atoms with Gasteiger partial charge in [-0.1, -0.05) is 17.7 Å². The van der Waals surface area contributed by atoms with Crippen molar-refractivity contribution in [3.63, 3.8) is 0 Å². The second-order valence-electron chi connectivity index (χ2n) is 4.61. The van der Waals surface area contributed by atoms with Crippen LogP contribution >= 0.6 is 0 Å². The minimum atomic E-state index is 0.179. The zero-order valence-electron chi connectivity index (χ0n) is 12.3. The summed E-state index contributed by atoms with van der Waals surface area (Å²) in [7, 11) is 1.71. The monoisotopic (exact) mass is 266 g/mol. The number of rotatable bonds is 9. The molecule has 4 nitrogen and oxygen atoms in total. The van der Waals surface area contributed by atoms with Crippen LogP contribution in [0.4, 0.5) is 5.69 Å². The van der Waals surface area contributed by atoms with Gasteiger partial charge in [-0.15, -0.1) is 0 Å². The summed E-state index contributed by atoms with van der Waals surface area (Å²) in [6.07, 6.45) is 0. The molecular formula is C15H26N2O2. The first-order valence-corrected chi connectivity index (χ1v) is 6.88. The largest absolute Gasteiger partial charge is 0.395 e. The molecule has 0 unspecified atom stereocenters.